The second-order valence-corrected chi connectivity index (χ2v) is 4.63. The molecule has 3 rings (SSSR count). The van der Waals surface area contributed by atoms with Crippen LogP contribution in [0.25, 0.3) is 11.2 Å². The summed E-state index contributed by atoms with van der Waals surface area (Å²) in [7, 11) is 0. The Balaban J connectivity index is 0.00000132. The largest absolute Gasteiger partial charge is 0.412 e. The Morgan fingerprint density at radius 2 is 1.96 bits per heavy atom. The van der Waals surface area contributed by atoms with Crippen LogP contribution in [0.2, 0.25) is 0 Å². The molecule has 2 aromatic rings. The molecule has 0 radical (unpaired) electrons. The summed E-state index contributed by atoms with van der Waals surface area (Å²) in [5, 5.41) is 28.9. The minimum atomic E-state index is -1.25. The van der Waals surface area contributed by atoms with Crippen molar-refractivity contribution in [3.63, 3.8) is 0 Å². The van der Waals surface area contributed by atoms with Gasteiger partial charge in [-0.25, -0.2) is 10.8 Å². The van der Waals surface area contributed by atoms with Gasteiger partial charge in [0.05, 0.1) is 12.9 Å². The highest BCUT2D eigenvalue weighted by atomic mass is 16.6. The number of rotatable bonds is 3. The van der Waals surface area contributed by atoms with Crippen molar-refractivity contribution in [1.82, 2.24) is 19.5 Å². The molecule has 0 saturated carbocycles. The third kappa shape index (κ3) is 2.89. The van der Waals surface area contributed by atoms with Crippen molar-refractivity contribution in [1.29, 1.82) is 0 Å². The molecule has 2 aromatic heterocycles. The molecular weight excluding hydrogens is 314 g/mol. The number of aromatic nitrogens is 4. The predicted molar refractivity (Wildman–Crippen MR) is 77.8 cm³/mol. The molecule has 0 aliphatic carbocycles. The van der Waals surface area contributed by atoms with Crippen molar-refractivity contribution in [3.05, 3.63) is 6.33 Å². The molecule has 1 aliphatic heterocycles. The average molecular weight is 333 g/mol. The molecule has 0 bridgehead atoms. The smallest absolute Gasteiger partial charge is 0.241 e. The Morgan fingerprint density at radius 1 is 1.26 bits per heavy atom. The number of hydrogen-bond donors (Lipinski definition) is 6. The Bertz CT molecular complexity index is 666. The van der Waals surface area contributed by atoms with E-state index in [0.717, 1.165) is 0 Å². The van der Waals surface area contributed by atoms with Crippen LogP contribution in [0.15, 0.2) is 6.33 Å². The minimum absolute atomic E-state index is 0. The molecular formula is C10H19N7O6. The molecule has 13 heteroatoms. The number of anilines is 2. The van der Waals surface area contributed by atoms with E-state index < -0.39 is 31.1 Å². The molecule has 13 nitrogen and oxygen atoms in total. The number of imidazole rings is 1. The Kier molecular flexibility index (Phi) is 5.73. The van der Waals surface area contributed by atoms with Gasteiger partial charge >= 0.3 is 0 Å². The molecule has 1 aliphatic rings. The van der Waals surface area contributed by atoms with E-state index in [-0.39, 0.29) is 28.4 Å². The van der Waals surface area contributed by atoms with Gasteiger partial charge in [-0.05, 0) is 0 Å². The van der Waals surface area contributed by atoms with Gasteiger partial charge in [0.1, 0.15) is 23.8 Å². The van der Waals surface area contributed by atoms with Gasteiger partial charge < -0.3 is 36.7 Å². The van der Waals surface area contributed by atoms with Gasteiger partial charge in [0, 0.05) is 0 Å². The first-order valence-corrected chi connectivity index (χ1v) is 6.16. The van der Waals surface area contributed by atoms with Crippen LogP contribution in [0.4, 0.5) is 11.8 Å². The van der Waals surface area contributed by atoms with Gasteiger partial charge in [0.15, 0.2) is 17.7 Å². The lowest BCUT2D eigenvalue weighted by atomic mass is 10.1. The summed E-state index contributed by atoms with van der Waals surface area (Å²) < 4.78 is 6.82. The van der Waals surface area contributed by atoms with Gasteiger partial charge in [-0.2, -0.15) is 9.97 Å². The summed E-state index contributed by atoms with van der Waals surface area (Å²) in [5.74, 6) is 5.45. The van der Waals surface area contributed by atoms with Crippen molar-refractivity contribution in [2.45, 2.75) is 24.5 Å². The van der Waals surface area contributed by atoms with Crippen LogP contribution in [0.3, 0.4) is 0 Å². The number of hydrazine groups is 1. The highest BCUT2D eigenvalue weighted by molar-refractivity contribution is 5.82. The van der Waals surface area contributed by atoms with E-state index in [1.165, 1.54) is 10.9 Å². The van der Waals surface area contributed by atoms with E-state index in [2.05, 4.69) is 20.4 Å². The van der Waals surface area contributed by atoms with Crippen molar-refractivity contribution in [2.75, 3.05) is 17.8 Å². The van der Waals surface area contributed by atoms with Crippen LogP contribution < -0.4 is 17.0 Å². The summed E-state index contributed by atoms with van der Waals surface area (Å²) in [6.45, 7) is -0.423. The fraction of sp³-hybridized carbons (Fsp3) is 0.500. The number of hydrogen-bond acceptors (Lipinski definition) is 10. The molecule has 12 N–H and O–H groups in total. The van der Waals surface area contributed by atoms with Crippen molar-refractivity contribution >= 4 is 22.9 Å². The number of aliphatic hydroxyl groups is 3. The van der Waals surface area contributed by atoms with E-state index in [9.17, 15) is 10.2 Å². The number of ether oxygens (including phenoxy) is 1. The van der Waals surface area contributed by atoms with Crippen LogP contribution in [0.1, 0.15) is 6.23 Å². The average Bonchev–Trinajstić information content (AvgIpc) is 3.02. The summed E-state index contributed by atoms with van der Waals surface area (Å²) >= 11 is 0. The highest BCUT2D eigenvalue weighted by Gasteiger charge is 2.44. The monoisotopic (exact) mass is 333 g/mol. The van der Waals surface area contributed by atoms with Crippen molar-refractivity contribution in [3.8, 4) is 0 Å². The fourth-order valence-electron chi connectivity index (χ4n) is 2.30. The number of nitrogens with zero attached hydrogens (tertiary/aromatic N) is 4. The molecule has 130 valence electrons. The number of nitrogens with two attached hydrogens (primary N) is 2. The third-order valence-electron chi connectivity index (χ3n) is 3.37. The van der Waals surface area contributed by atoms with Gasteiger partial charge in [-0.1, -0.05) is 0 Å². The zero-order chi connectivity index (χ0) is 15.1. The molecule has 0 amide bonds. The third-order valence-corrected chi connectivity index (χ3v) is 3.37. The molecule has 4 atom stereocenters. The summed E-state index contributed by atoms with van der Waals surface area (Å²) in [4.78, 5) is 12.1. The molecule has 3 heterocycles. The molecule has 1 saturated heterocycles. The number of aliphatic hydroxyl groups excluding tert-OH is 3. The van der Waals surface area contributed by atoms with Crippen LogP contribution in [0.5, 0.6) is 0 Å². The van der Waals surface area contributed by atoms with E-state index in [0.29, 0.717) is 5.52 Å². The fourth-order valence-corrected chi connectivity index (χ4v) is 2.30. The maximum Gasteiger partial charge on any atom is 0.241 e. The van der Waals surface area contributed by atoms with Gasteiger partial charge in [0.25, 0.3) is 0 Å². The lowest BCUT2D eigenvalue weighted by Crippen LogP contribution is -2.33. The molecule has 23 heavy (non-hydrogen) atoms. The van der Waals surface area contributed by atoms with Crippen LogP contribution >= 0.6 is 0 Å². The zero-order valence-corrected chi connectivity index (χ0v) is 11.8. The maximum atomic E-state index is 10.0. The van der Waals surface area contributed by atoms with Gasteiger partial charge in [0.2, 0.25) is 5.95 Å². The first-order valence-electron chi connectivity index (χ1n) is 6.16. The first-order chi connectivity index (χ1) is 10.1. The maximum absolute atomic E-state index is 10.0. The zero-order valence-electron chi connectivity index (χ0n) is 11.8. The van der Waals surface area contributed by atoms with Gasteiger partial charge in [-0.15, -0.1) is 0 Å². The number of nitrogen functional groups attached to an aromatic ring is 2. The standard InChI is InChI=1S/C10H15N7O4.2H2O/c11-7-4-8(15-10(14-7)16-12)17(2-13-4)9-6(20)5(19)3(1-18)21-9;;/h2-3,5-6,9,18-20H,1,12H2,(H3,11,14,15,16);2*1H2/t3-,5-,6-,9-;;/m1../s1. The quantitative estimate of drug-likeness (QED) is 0.233. The Hall–Kier alpha value is -2.13. The number of nitrogens with one attached hydrogen (secondary N) is 1. The minimum Gasteiger partial charge on any atom is -0.412 e. The second kappa shape index (κ2) is 6.97. The normalized spacial score (nSPS) is 26.6. The van der Waals surface area contributed by atoms with Gasteiger partial charge in [-0.3, -0.25) is 9.99 Å². The topological polar surface area (TPSA) is 241 Å². The van der Waals surface area contributed by atoms with Crippen molar-refractivity contribution in [2.24, 2.45) is 5.84 Å². The molecule has 1 fully saturated rings. The Morgan fingerprint density at radius 3 is 2.52 bits per heavy atom. The summed E-state index contributed by atoms with van der Waals surface area (Å²) in [5.41, 5.74) is 8.61. The van der Waals surface area contributed by atoms with Crippen LogP contribution in [-0.2, 0) is 4.74 Å². The van der Waals surface area contributed by atoms with Crippen molar-refractivity contribution < 1.29 is 31.0 Å². The second-order valence-electron chi connectivity index (χ2n) is 4.63. The highest BCUT2D eigenvalue weighted by Crippen LogP contribution is 2.32. The summed E-state index contributed by atoms with van der Waals surface area (Å²) in [6.07, 6.45) is -2.96. The molecule has 0 spiro atoms. The predicted octanol–water partition coefficient (Wildman–Crippen LogP) is -4.34. The Labute approximate surface area is 129 Å². The van der Waals surface area contributed by atoms with E-state index in [1.54, 1.807) is 0 Å². The number of fused-ring (bicyclic) bond motifs is 1. The SMILES string of the molecule is NNc1nc(N)c2ncn([C@@H]3O[C@H](CO)[C@@H](O)[C@H]3O)c2n1.O.O. The lowest BCUT2D eigenvalue weighted by molar-refractivity contribution is -0.0511. The summed E-state index contributed by atoms with van der Waals surface area (Å²) in [6, 6.07) is 0. The van der Waals surface area contributed by atoms with Crippen LogP contribution in [0, 0.1) is 0 Å². The van der Waals surface area contributed by atoms with E-state index in [4.69, 9.17) is 21.4 Å². The molecule has 0 aromatic carbocycles. The lowest BCUT2D eigenvalue weighted by Gasteiger charge is -2.16. The molecule has 0 unspecified atom stereocenters. The first kappa shape index (κ1) is 18.9. The van der Waals surface area contributed by atoms with Crippen LogP contribution in [-0.4, -0.2) is 70.7 Å². The van der Waals surface area contributed by atoms with E-state index in [1.807, 2.05) is 0 Å². The van der Waals surface area contributed by atoms with E-state index >= 15 is 0 Å².